The van der Waals surface area contributed by atoms with E-state index in [1.54, 1.807) is 43.5 Å². The van der Waals surface area contributed by atoms with Gasteiger partial charge in [0.15, 0.2) is 0 Å². The molecule has 150 valence electrons. The van der Waals surface area contributed by atoms with Gasteiger partial charge in [0.2, 0.25) is 0 Å². The van der Waals surface area contributed by atoms with E-state index in [9.17, 15) is 14.4 Å². The molecule has 3 aromatic rings. The van der Waals surface area contributed by atoms with Crippen LogP contribution in [0.25, 0.3) is 6.08 Å². The molecule has 3 aromatic carbocycles. The fraction of sp³-hybridized carbons (Fsp3) is 0.0833. The van der Waals surface area contributed by atoms with Gasteiger partial charge in [-0.3, -0.25) is 4.79 Å². The summed E-state index contributed by atoms with van der Waals surface area (Å²) in [5.41, 5.74) is 3.00. The molecule has 6 heteroatoms. The number of carbonyl (C=O) groups excluding carboxylic acids is 1. The van der Waals surface area contributed by atoms with E-state index in [2.05, 4.69) is 27.9 Å². The van der Waals surface area contributed by atoms with Gasteiger partial charge in [-0.05, 0) is 76.2 Å². The van der Waals surface area contributed by atoms with Crippen LogP contribution in [-0.2, 0) is 11.2 Å². The lowest BCUT2D eigenvalue weighted by Crippen LogP contribution is -2.13. The highest BCUT2D eigenvalue weighted by molar-refractivity contribution is 14.1. The fourth-order valence-electron chi connectivity index (χ4n) is 2.95. The molecule has 0 heterocycles. The summed E-state index contributed by atoms with van der Waals surface area (Å²) in [4.78, 5) is 12.5. The summed E-state index contributed by atoms with van der Waals surface area (Å²) < 4.78 is 19.9. The molecule has 0 radical (unpaired) electrons. The second-order valence-corrected chi connectivity index (χ2v) is 7.64. The van der Waals surface area contributed by atoms with Gasteiger partial charge in [-0.2, -0.15) is 5.26 Å². The molecule has 0 saturated heterocycles. The summed E-state index contributed by atoms with van der Waals surface area (Å²) in [7, 11) is 1.56. The molecule has 0 atom stereocenters. The van der Waals surface area contributed by atoms with Crippen LogP contribution in [0.1, 0.15) is 16.7 Å². The zero-order valence-corrected chi connectivity index (χ0v) is 18.3. The van der Waals surface area contributed by atoms with Crippen molar-refractivity contribution in [2.45, 2.75) is 6.42 Å². The third kappa shape index (κ3) is 5.45. The first-order valence-corrected chi connectivity index (χ1v) is 10.2. The number of nitrogens with zero attached hydrogens (tertiary/aromatic N) is 1. The predicted octanol–water partition coefficient (Wildman–Crippen LogP) is 5.58. The summed E-state index contributed by atoms with van der Waals surface area (Å²) in [6.45, 7) is 0. The van der Waals surface area contributed by atoms with Crippen molar-refractivity contribution in [2.24, 2.45) is 0 Å². The molecule has 0 aromatic heterocycles. The number of ether oxygens (including phenoxy) is 1. The van der Waals surface area contributed by atoms with E-state index in [0.717, 1.165) is 14.7 Å². The summed E-state index contributed by atoms with van der Waals surface area (Å²) in [6, 6.07) is 21.0. The van der Waals surface area contributed by atoms with Gasteiger partial charge in [0.25, 0.3) is 5.91 Å². The Labute approximate surface area is 188 Å². The molecule has 0 spiro atoms. The highest BCUT2D eigenvalue weighted by atomic mass is 127. The van der Waals surface area contributed by atoms with Crippen LogP contribution in [0.2, 0.25) is 0 Å². The summed E-state index contributed by atoms with van der Waals surface area (Å²) >= 11 is 2.18. The number of halogens is 2. The Kier molecular flexibility index (Phi) is 7.20. The number of nitrogens with one attached hydrogen (secondary N) is 1. The van der Waals surface area contributed by atoms with Crippen LogP contribution in [0.4, 0.5) is 10.1 Å². The first kappa shape index (κ1) is 21.5. The van der Waals surface area contributed by atoms with Crippen LogP contribution < -0.4 is 10.1 Å². The number of amides is 1. The standard InChI is InChI=1S/C24H18FIN2O2/c1-30-23-14-17(10-18(15-27)24(29)28-20-8-3-2-4-9-20)13-22(26)21(23)12-16-6-5-7-19(25)11-16/h2-11,13-14H,12H2,1H3,(H,28,29)/b18-10+. The molecule has 4 nitrogen and oxygen atoms in total. The molecular formula is C24H18FIN2O2. The van der Waals surface area contributed by atoms with Crippen molar-refractivity contribution in [3.63, 3.8) is 0 Å². The van der Waals surface area contributed by atoms with E-state index in [0.29, 0.717) is 23.4 Å². The molecule has 0 unspecified atom stereocenters. The Hall–Kier alpha value is -3.18. The highest BCUT2D eigenvalue weighted by Gasteiger charge is 2.14. The fourth-order valence-corrected chi connectivity index (χ4v) is 3.77. The molecule has 0 bridgehead atoms. The molecule has 1 N–H and O–H groups in total. The lowest BCUT2D eigenvalue weighted by molar-refractivity contribution is -0.112. The maximum absolute atomic E-state index is 13.5. The minimum absolute atomic E-state index is 0.0189. The van der Waals surface area contributed by atoms with Crippen molar-refractivity contribution < 1.29 is 13.9 Å². The Morgan fingerprint density at radius 3 is 2.60 bits per heavy atom. The number of hydrogen-bond acceptors (Lipinski definition) is 3. The van der Waals surface area contributed by atoms with Gasteiger partial charge in [-0.25, -0.2) is 4.39 Å². The van der Waals surface area contributed by atoms with Crippen LogP contribution in [0.15, 0.2) is 72.3 Å². The Morgan fingerprint density at radius 2 is 1.93 bits per heavy atom. The number of anilines is 1. The normalized spacial score (nSPS) is 10.9. The Bertz CT molecular complexity index is 1140. The zero-order valence-electron chi connectivity index (χ0n) is 16.2. The molecule has 0 aliphatic heterocycles. The van der Waals surface area contributed by atoms with Crippen LogP contribution in [0.3, 0.4) is 0 Å². The third-order valence-corrected chi connectivity index (χ3v) is 5.34. The quantitative estimate of drug-likeness (QED) is 0.267. The average Bonchev–Trinajstić information content (AvgIpc) is 2.74. The zero-order chi connectivity index (χ0) is 21.5. The third-order valence-electron chi connectivity index (χ3n) is 4.37. The number of para-hydroxylation sites is 1. The molecule has 0 aliphatic rings. The number of benzene rings is 3. The maximum atomic E-state index is 13.5. The molecular weight excluding hydrogens is 494 g/mol. The van der Waals surface area contributed by atoms with Crippen molar-refractivity contribution in [3.05, 3.63) is 98.4 Å². The first-order valence-electron chi connectivity index (χ1n) is 9.09. The van der Waals surface area contributed by atoms with E-state index in [4.69, 9.17) is 4.74 Å². The van der Waals surface area contributed by atoms with Gasteiger partial charge >= 0.3 is 0 Å². The van der Waals surface area contributed by atoms with Crippen LogP contribution in [0.5, 0.6) is 5.75 Å². The number of nitriles is 1. The average molecular weight is 512 g/mol. The second-order valence-electron chi connectivity index (χ2n) is 6.48. The van der Waals surface area contributed by atoms with E-state index >= 15 is 0 Å². The van der Waals surface area contributed by atoms with Crippen LogP contribution >= 0.6 is 22.6 Å². The summed E-state index contributed by atoms with van der Waals surface area (Å²) in [5.74, 6) is -0.163. The number of hydrogen-bond donors (Lipinski definition) is 1. The van der Waals surface area contributed by atoms with Crippen LogP contribution in [0, 0.1) is 20.7 Å². The Balaban J connectivity index is 1.89. The van der Waals surface area contributed by atoms with Crippen molar-refractivity contribution in [3.8, 4) is 11.8 Å². The predicted molar refractivity (Wildman–Crippen MR) is 124 cm³/mol. The minimum atomic E-state index is -0.485. The maximum Gasteiger partial charge on any atom is 0.266 e. The lowest BCUT2D eigenvalue weighted by atomic mass is 10.0. The topological polar surface area (TPSA) is 62.1 Å². The van der Waals surface area contributed by atoms with Crippen molar-refractivity contribution in [2.75, 3.05) is 12.4 Å². The molecule has 0 saturated carbocycles. The Morgan fingerprint density at radius 1 is 1.17 bits per heavy atom. The van der Waals surface area contributed by atoms with E-state index in [1.165, 1.54) is 18.2 Å². The van der Waals surface area contributed by atoms with Crippen molar-refractivity contribution in [1.29, 1.82) is 5.26 Å². The first-order chi connectivity index (χ1) is 14.5. The van der Waals surface area contributed by atoms with Gasteiger partial charge in [-0.1, -0.05) is 30.3 Å². The summed E-state index contributed by atoms with van der Waals surface area (Å²) in [5, 5.41) is 12.2. The smallest absolute Gasteiger partial charge is 0.266 e. The minimum Gasteiger partial charge on any atom is -0.496 e. The van der Waals surface area contributed by atoms with Gasteiger partial charge in [0, 0.05) is 21.2 Å². The van der Waals surface area contributed by atoms with Gasteiger partial charge < -0.3 is 10.1 Å². The number of carbonyl (C=O) groups is 1. The molecule has 0 fully saturated rings. The summed E-state index contributed by atoms with van der Waals surface area (Å²) in [6.07, 6.45) is 2.03. The molecule has 0 aliphatic carbocycles. The van der Waals surface area contributed by atoms with E-state index in [-0.39, 0.29) is 11.4 Å². The number of methoxy groups -OCH3 is 1. The van der Waals surface area contributed by atoms with E-state index < -0.39 is 5.91 Å². The van der Waals surface area contributed by atoms with Crippen LogP contribution in [-0.4, -0.2) is 13.0 Å². The number of rotatable bonds is 6. The lowest BCUT2D eigenvalue weighted by Gasteiger charge is -2.13. The SMILES string of the molecule is COc1cc(/C=C(\C#N)C(=O)Nc2ccccc2)cc(I)c1Cc1cccc(F)c1. The highest BCUT2D eigenvalue weighted by Crippen LogP contribution is 2.30. The van der Waals surface area contributed by atoms with E-state index in [1.807, 2.05) is 24.3 Å². The largest absolute Gasteiger partial charge is 0.496 e. The van der Waals surface area contributed by atoms with Gasteiger partial charge in [0.1, 0.15) is 23.2 Å². The van der Waals surface area contributed by atoms with Gasteiger partial charge in [-0.15, -0.1) is 0 Å². The molecule has 1 amide bonds. The van der Waals surface area contributed by atoms with Crippen molar-refractivity contribution in [1.82, 2.24) is 0 Å². The molecule has 30 heavy (non-hydrogen) atoms. The van der Waals surface area contributed by atoms with Crippen molar-refractivity contribution >= 4 is 40.3 Å². The molecule has 3 rings (SSSR count). The second kappa shape index (κ2) is 10.0. The van der Waals surface area contributed by atoms with Gasteiger partial charge in [0.05, 0.1) is 7.11 Å². The monoisotopic (exact) mass is 512 g/mol.